The molecule has 0 bridgehead atoms. The second kappa shape index (κ2) is 6.34. The zero-order chi connectivity index (χ0) is 13.8. The number of primary amides is 1. The summed E-state index contributed by atoms with van der Waals surface area (Å²) in [4.78, 5) is 25.4. The van der Waals surface area contributed by atoms with Crippen molar-refractivity contribution in [2.24, 2.45) is 5.73 Å². The van der Waals surface area contributed by atoms with Gasteiger partial charge in [-0.3, -0.25) is 9.59 Å². The molecule has 2 aliphatic rings. The SMILES string of the molecule is CC1CNC(C(=O)N(CC(N)=O)C2CCCC2)CN1. The third-order valence-corrected chi connectivity index (χ3v) is 4.01. The van der Waals surface area contributed by atoms with E-state index in [1.807, 2.05) is 0 Å². The molecule has 6 heteroatoms. The molecule has 2 rings (SSSR count). The Morgan fingerprint density at radius 1 is 1.21 bits per heavy atom. The molecule has 0 radical (unpaired) electrons. The summed E-state index contributed by atoms with van der Waals surface area (Å²) in [5.74, 6) is -0.428. The first-order chi connectivity index (χ1) is 9.08. The highest BCUT2D eigenvalue weighted by Crippen LogP contribution is 2.24. The van der Waals surface area contributed by atoms with Gasteiger partial charge in [0, 0.05) is 25.2 Å². The number of carbonyl (C=O) groups is 2. The molecule has 108 valence electrons. The Balaban J connectivity index is 2.00. The molecule has 1 saturated heterocycles. The highest BCUT2D eigenvalue weighted by atomic mass is 16.2. The van der Waals surface area contributed by atoms with Gasteiger partial charge in [0.05, 0.1) is 12.6 Å². The van der Waals surface area contributed by atoms with E-state index in [2.05, 4.69) is 17.6 Å². The number of carbonyl (C=O) groups excluding carboxylic acids is 2. The zero-order valence-electron chi connectivity index (χ0n) is 11.5. The van der Waals surface area contributed by atoms with Crippen molar-refractivity contribution in [2.75, 3.05) is 19.6 Å². The van der Waals surface area contributed by atoms with Gasteiger partial charge in [0.25, 0.3) is 0 Å². The van der Waals surface area contributed by atoms with Crippen LogP contribution in [0.1, 0.15) is 32.6 Å². The topological polar surface area (TPSA) is 87.5 Å². The van der Waals surface area contributed by atoms with Crippen LogP contribution in [0.15, 0.2) is 0 Å². The fraction of sp³-hybridized carbons (Fsp3) is 0.846. The van der Waals surface area contributed by atoms with Gasteiger partial charge in [-0.05, 0) is 19.8 Å². The molecule has 1 saturated carbocycles. The van der Waals surface area contributed by atoms with Crippen LogP contribution in [0.4, 0.5) is 0 Å². The van der Waals surface area contributed by atoms with Crippen LogP contribution in [-0.2, 0) is 9.59 Å². The number of amides is 2. The molecule has 2 fully saturated rings. The van der Waals surface area contributed by atoms with Crippen molar-refractivity contribution in [3.8, 4) is 0 Å². The molecule has 2 atom stereocenters. The Kier molecular flexibility index (Phi) is 4.76. The maximum Gasteiger partial charge on any atom is 0.241 e. The zero-order valence-corrected chi connectivity index (χ0v) is 11.5. The third kappa shape index (κ3) is 3.67. The van der Waals surface area contributed by atoms with E-state index in [0.29, 0.717) is 12.6 Å². The summed E-state index contributed by atoms with van der Waals surface area (Å²) >= 11 is 0. The van der Waals surface area contributed by atoms with Gasteiger partial charge in [-0.1, -0.05) is 12.8 Å². The van der Waals surface area contributed by atoms with Crippen molar-refractivity contribution in [1.29, 1.82) is 0 Å². The lowest BCUT2D eigenvalue weighted by atomic mass is 10.1. The fourth-order valence-corrected chi connectivity index (χ4v) is 2.93. The predicted molar refractivity (Wildman–Crippen MR) is 72.4 cm³/mol. The molecule has 1 aliphatic heterocycles. The summed E-state index contributed by atoms with van der Waals surface area (Å²) in [6.07, 6.45) is 4.21. The van der Waals surface area contributed by atoms with E-state index in [0.717, 1.165) is 32.2 Å². The summed E-state index contributed by atoms with van der Waals surface area (Å²) in [7, 11) is 0. The van der Waals surface area contributed by atoms with Crippen LogP contribution >= 0.6 is 0 Å². The standard InChI is InChI=1S/C13H24N4O2/c1-9-6-16-11(7-15-9)13(19)17(8-12(14)18)10-4-2-3-5-10/h9-11,15-16H,2-8H2,1H3,(H2,14,18). The summed E-state index contributed by atoms with van der Waals surface area (Å²) in [5.41, 5.74) is 5.28. The van der Waals surface area contributed by atoms with Crippen molar-refractivity contribution in [3.63, 3.8) is 0 Å². The molecule has 2 unspecified atom stereocenters. The number of piperazine rings is 1. The van der Waals surface area contributed by atoms with E-state index in [4.69, 9.17) is 5.73 Å². The summed E-state index contributed by atoms with van der Waals surface area (Å²) < 4.78 is 0. The van der Waals surface area contributed by atoms with Gasteiger partial charge >= 0.3 is 0 Å². The first-order valence-electron chi connectivity index (χ1n) is 7.13. The van der Waals surface area contributed by atoms with Crippen molar-refractivity contribution in [3.05, 3.63) is 0 Å². The van der Waals surface area contributed by atoms with Gasteiger partial charge in [0.15, 0.2) is 0 Å². The van der Waals surface area contributed by atoms with Crippen molar-refractivity contribution >= 4 is 11.8 Å². The summed E-state index contributed by atoms with van der Waals surface area (Å²) in [5, 5.41) is 6.53. The molecule has 0 aromatic rings. The Bertz CT molecular complexity index is 334. The van der Waals surface area contributed by atoms with Crippen LogP contribution in [-0.4, -0.2) is 54.5 Å². The normalized spacial score (nSPS) is 28.3. The average Bonchev–Trinajstić information content (AvgIpc) is 2.89. The van der Waals surface area contributed by atoms with Gasteiger partial charge in [-0.25, -0.2) is 0 Å². The van der Waals surface area contributed by atoms with E-state index >= 15 is 0 Å². The molecule has 0 aromatic heterocycles. The van der Waals surface area contributed by atoms with Crippen molar-refractivity contribution in [1.82, 2.24) is 15.5 Å². The van der Waals surface area contributed by atoms with E-state index in [1.165, 1.54) is 0 Å². The molecule has 1 heterocycles. The molecule has 6 nitrogen and oxygen atoms in total. The lowest BCUT2D eigenvalue weighted by Gasteiger charge is -2.35. The first kappa shape index (κ1) is 14.3. The molecular formula is C13H24N4O2. The molecule has 1 aliphatic carbocycles. The maximum absolute atomic E-state index is 12.5. The van der Waals surface area contributed by atoms with Crippen LogP contribution in [0.25, 0.3) is 0 Å². The third-order valence-electron chi connectivity index (χ3n) is 4.01. The Morgan fingerprint density at radius 2 is 1.89 bits per heavy atom. The van der Waals surface area contributed by atoms with E-state index in [1.54, 1.807) is 4.90 Å². The largest absolute Gasteiger partial charge is 0.368 e. The number of nitrogens with one attached hydrogen (secondary N) is 2. The number of rotatable bonds is 4. The minimum absolute atomic E-state index is 0.00472. The molecular weight excluding hydrogens is 244 g/mol. The van der Waals surface area contributed by atoms with Gasteiger partial charge in [-0.2, -0.15) is 0 Å². The lowest BCUT2D eigenvalue weighted by Crippen LogP contribution is -2.61. The van der Waals surface area contributed by atoms with Gasteiger partial charge in [0.2, 0.25) is 11.8 Å². The van der Waals surface area contributed by atoms with Gasteiger partial charge < -0.3 is 21.3 Å². The van der Waals surface area contributed by atoms with Crippen LogP contribution < -0.4 is 16.4 Å². The Hall–Kier alpha value is -1.14. The van der Waals surface area contributed by atoms with Crippen LogP contribution in [0.5, 0.6) is 0 Å². The van der Waals surface area contributed by atoms with Crippen molar-refractivity contribution < 1.29 is 9.59 Å². The van der Waals surface area contributed by atoms with E-state index in [9.17, 15) is 9.59 Å². The monoisotopic (exact) mass is 268 g/mol. The highest BCUT2D eigenvalue weighted by molar-refractivity contribution is 5.87. The smallest absolute Gasteiger partial charge is 0.241 e. The Morgan fingerprint density at radius 3 is 2.42 bits per heavy atom. The highest BCUT2D eigenvalue weighted by Gasteiger charge is 2.33. The van der Waals surface area contributed by atoms with Gasteiger partial charge in [-0.15, -0.1) is 0 Å². The number of nitrogens with zero attached hydrogens (tertiary/aromatic N) is 1. The minimum Gasteiger partial charge on any atom is -0.368 e. The van der Waals surface area contributed by atoms with E-state index in [-0.39, 0.29) is 24.5 Å². The quantitative estimate of drug-likeness (QED) is 0.622. The average molecular weight is 268 g/mol. The van der Waals surface area contributed by atoms with Crippen LogP contribution in [0, 0.1) is 0 Å². The second-order valence-electron chi connectivity index (χ2n) is 5.64. The van der Waals surface area contributed by atoms with Crippen molar-refractivity contribution in [2.45, 2.75) is 50.7 Å². The van der Waals surface area contributed by atoms with Crippen LogP contribution in [0.3, 0.4) is 0 Å². The predicted octanol–water partition coefficient (Wildman–Crippen LogP) is -0.807. The molecule has 2 amide bonds. The maximum atomic E-state index is 12.5. The summed E-state index contributed by atoms with van der Waals surface area (Å²) in [6, 6.07) is 0.317. The molecule has 0 spiro atoms. The first-order valence-corrected chi connectivity index (χ1v) is 7.13. The van der Waals surface area contributed by atoms with Gasteiger partial charge in [0.1, 0.15) is 0 Å². The fourth-order valence-electron chi connectivity index (χ4n) is 2.93. The lowest BCUT2D eigenvalue weighted by molar-refractivity contribution is -0.139. The number of hydrogen-bond donors (Lipinski definition) is 3. The van der Waals surface area contributed by atoms with Crippen LogP contribution in [0.2, 0.25) is 0 Å². The number of nitrogens with two attached hydrogens (primary N) is 1. The number of hydrogen-bond acceptors (Lipinski definition) is 4. The molecule has 4 N–H and O–H groups in total. The molecule has 0 aromatic carbocycles. The van der Waals surface area contributed by atoms with E-state index < -0.39 is 5.91 Å². The second-order valence-corrected chi connectivity index (χ2v) is 5.64. The minimum atomic E-state index is -0.433. The summed E-state index contributed by atoms with van der Waals surface area (Å²) in [6.45, 7) is 3.50. The Labute approximate surface area is 114 Å². The molecule has 19 heavy (non-hydrogen) atoms.